The molecule has 0 spiro atoms. The first-order valence-corrected chi connectivity index (χ1v) is 7.82. The van der Waals surface area contributed by atoms with Crippen molar-refractivity contribution in [3.05, 3.63) is 10.6 Å². The average molecular weight is 268 g/mol. The van der Waals surface area contributed by atoms with E-state index in [4.69, 9.17) is 4.98 Å². The summed E-state index contributed by atoms with van der Waals surface area (Å²) in [6.45, 7) is 9.02. The van der Waals surface area contributed by atoms with Gasteiger partial charge in [0.25, 0.3) is 0 Å². The zero-order valence-electron chi connectivity index (χ0n) is 11.6. The molecule has 1 fully saturated rings. The van der Waals surface area contributed by atoms with Crippen LogP contribution in [0.15, 0.2) is 0 Å². The van der Waals surface area contributed by atoms with E-state index in [1.54, 1.807) is 11.3 Å². The maximum absolute atomic E-state index is 9.48. The molecule has 2 heterocycles. The number of piperidine rings is 1. The van der Waals surface area contributed by atoms with Crippen LogP contribution in [0.2, 0.25) is 0 Å². The lowest BCUT2D eigenvalue weighted by Gasteiger charge is -2.30. The van der Waals surface area contributed by atoms with Gasteiger partial charge in [0, 0.05) is 13.1 Å². The third kappa shape index (κ3) is 2.86. The monoisotopic (exact) mass is 268 g/mol. The minimum absolute atomic E-state index is 0.126. The molecule has 0 amide bonds. The summed E-state index contributed by atoms with van der Waals surface area (Å²) < 4.78 is 0. The molecule has 0 aliphatic carbocycles. The van der Waals surface area contributed by atoms with E-state index in [-0.39, 0.29) is 6.61 Å². The second-order valence-electron chi connectivity index (χ2n) is 5.47. The van der Waals surface area contributed by atoms with Crippen LogP contribution in [0.4, 0.5) is 5.13 Å². The first-order valence-electron chi connectivity index (χ1n) is 7.01. The van der Waals surface area contributed by atoms with Gasteiger partial charge in [-0.3, -0.25) is 0 Å². The van der Waals surface area contributed by atoms with E-state index in [1.807, 2.05) is 0 Å². The van der Waals surface area contributed by atoms with Crippen molar-refractivity contribution in [1.29, 1.82) is 0 Å². The van der Waals surface area contributed by atoms with Gasteiger partial charge in [0.1, 0.15) is 0 Å². The Labute approximate surface area is 114 Å². The van der Waals surface area contributed by atoms with Crippen LogP contribution in [-0.4, -0.2) is 23.2 Å². The lowest BCUT2D eigenvalue weighted by Crippen LogP contribution is -2.34. The molecular weight excluding hydrogens is 244 g/mol. The van der Waals surface area contributed by atoms with Crippen molar-refractivity contribution in [2.45, 2.75) is 52.6 Å². The van der Waals surface area contributed by atoms with Gasteiger partial charge < -0.3 is 10.0 Å². The number of aliphatic hydroxyl groups is 1. The van der Waals surface area contributed by atoms with Gasteiger partial charge in [-0.2, -0.15) is 0 Å². The molecule has 102 valence electrons. The fourth-order valence-corrected chi connectivity index (χ4v) is 3.62. The van der Waals surface area contributed by atoms with Crippen LogP contribution in [0, 0.1) is 5.92 Å². The highest BCUT2D eigenvalue weighted by Crippen LogP contribution is 2.33. The molecule has 2 rings (SSSR count). The summed E-state index contributed by atoms with van der Waals surface area (Å²) in [4.78, 5) is 8.24. The van der Waals surface area contributed by atoms with Gasteiger partial charge in [-0.15, -0.1) is 0 Å². The number of aromatic nitrogens is 1. The molecule has 18 heavy (non-hydrogen) atoms. The Bertz CT molecular complexity index is 391. The van der Waals surface area contributed by atoms with Crippen molar-refractivity contribution in [1.82, 2.24) is 4.98 Å². The molecule has 2 unspecified atom stereocenters. The number of hydrogen-bond acceptors (Lipinski definition) is 4. The Morgan fingerprint density at radius 3 is 2.94 bits per heavy atom. The number of aliphatic hydroxyl groups excluding tert-OH is 1. The van der Waals surface area contributed by atoms with Crippen LogP contribution in [-0.2, 0) is 6.61 Å². The standard InChI is InChI=1S/C14H24N2OS/c1-4-11(3)13-12(9-17)18-14(15-13)16-7-5-6-10(2)8-16/h10-11,17H,4-9H2,1-3H3. The molecule has 0 aromatic carbocycles. The van der Waals surface area contributed by atoms with Crippen LogP contribution in [0.25, 0.3) is 0 Å². The minimum Gasteiger partial charge on any atom is -0.391 e. The summed E-state index contributed by atoms with van der Waals surface area (Å²) in [5, 5.41) is 10.6. The van der Waals surface area contributed by atoms with Gasteiger partial charge in [0.2, 0.25) is 0 Å². The third-order valence-electron chi connectivity index (χ3n) is 3.87. The number of rotatable bonds is 4. The number of thiazole rings is 1. The smallest absolute Gasteiger partial charge is 0.185 e. The second kappa shape index (κ2) is 6.02. The summed E-state index contributed by atoms with van der Waals surface area (Å²) >= 11 is 1.68. The Morgan fingerprint density at radius 2 is 2.33 bits per heavy atom. The van der Waals surface area contributed by atoms with Crippen molar-refractivity contribution in [2.75, 3.05) is 18.0 Å². The molecule has 1 aliphatic rings. The average Bonchev–Trinajstić information content (AvgIpc) is 2.82. The molecule has 0 radical (unpaired) electrons. The Balaban J connectivity index is 2.20. The van der Waals surface area contributed by atoms with Gasteiger partial charge in [-0.25, -0.2) is 4.98 Å². The minimum atomic E-state index is 0.126. The van der Waals surface area contributed by atoms with Crippen molar-refractivity contribution in [3.8, 4) is 0 Å². The molecular formula is C14H24N2OS. The van der Waals surface area contributed by atoms with Gasteiger partial charge in [0.15, 0.2) is 5.13 Å². The van der Waals surface area contributed by atoms with E-state index in [9.17, 15) is 5.11 Å². The second-order valence-corrected chi connectivity index (χ2v) is 6.53. The summed E-state index contributed by atoms with van der Waals surface area (Å²) in [6.07, 6.45) is 3.66. The Kier molecular flexibility index (Phi) is 4.62. The van der Waals surface area contributed by atoms with Crippen LogP contribution < -0.4 is 4.90 Å². The fraction of sp³-hybridized carbons (Fsp3) is 0.786. The maximum Gasteiger partial charge on any atom is 0.185 e. The van der Waals surface area contributed by atoms with Crippen molar-refractivity contribution < 1.29 is 5.11 Å². The van der Waals surface area contributed by atoms with Gasteiger partial charge in [-0.1, -0.05) is 32.1 Å². The molecule has 4 heteroatoms. The van der Waals surface area contributed by atoms with Crippen molar-refractivity contribution in [2.24, 2.45) is 5.92 Å². The summed E-state index contributed by atoms with van der Waals surface area (Å²) in [5.74, 6) is 1.20. The summed E-state index contributed by atoms with van der Waals surface area (Å²) in [6, 6.07) is 0. The van der Waals surface area contributed by atoms with E-state index in [0.717, 1.165) is 41.1 Å². The molecule has 1 aromatic heterocycles. The highest BCUT2D eigenvalue weighted by molar-refractivity contribution is 7.15. The number of anilines is 1. The maximum atomic E-state index is 9.48. The van der Waals surface area contributed by atoms with Crippen LogP contribution in [0.5, 0.6) is 0 Å². The number of nitrogens with zero attached hydrogens (tertiary/aromatic N) is 2. The summed E-state index contributed by atoms with van der Waals surface area (Å²) in [5.41, 5.74) is 1.11. The molecule has 1 N–H and O–H groups in total. The summed E-state index contributed by atoms with van der Waals surface area (Å²) in [7, 11) is 0. The van der Waals surface area contributed by atoms with E-state index < -0.39 is 0 Å². The topological polar surface area (TPSA) is 36.4 Å². The molecule has 1 aromatic rings. The highest BCUT2D eigenvalue weighted by atomic mass is 32.1. The quantitative estimate of drug-likeness (QED) is 0.909. The zero-order valence-corrected chi connectivity index (χ0v) is 12.5. The van der Waals surface area contributed by atoms with Gasteiger partial charge >= 0.3 is 0 Å². The fourth-order valence-electron chi connectivity index (χ4n) is 2.54. The zero-order chi connectivity index (χ0) is 13.1. The van der Waals surface area contributed by atoms with E-state index in [2.05, 4.69) is 25.7 Å². The predicted molar refractivity (Wildman–Crippen MR) is 77.4 cm³/mol. The van der Waals surface area contributed by atoms with Crippen LogP contribution in [0.1, 0.15) is 56.5 Å². The first-order chi connectivity index (χ1) is 8.65. The lowest BCUT2D eigenvalue weighted by molar-refractivity contribution is 0.283. The molecule has 3 nitrogen and oxygen atoms in total. The molecule has 0 saturated carbocycles. The first kappa shape index (κ1) is 13.8. The van der Waals surface area contributed by atoms with E-state index in [0.29, 0.717) is 5.92 Å². The lowest BCUT2D eigenvalue weighted by atomic mass is 10.0. The molecule has 2 atom stereocenters. The molecule has 1 aliphatic heterocycles. The number of hydrogen-bond donors (Lipinski definition) is 1. The normalized spacial score (nSPS) is 22.2. The van der Waals surface area contributed by atoms with Crippen molar-refractivity contribution >= 4 is 16.5 Å². The predicted octanol–water partition coefficient (Wildman–Crippen LogP) is 3.39. The van der Waals surface area contributed by atoms with E-state index in [1.165, 1.54) is 12.8 Å². The highest BCUT2D eigenvalue weighted by Gasteiger charge is 2.22. The van der Waals surface area contributed by atoms with Gasteiger partial charge in [0.05, 0.1) is 17.2 Å². The third-order valence-corrected chi connectivity index (χ3v) is 4.98. The molecule has 0 bridgehead atoms. The van der Waals surface area contributed by atoms with Crippen LogP contribution >= 0.6 is 11.3 Å². The Morgan fingerprint density at radius 1 is 1.56 bits per heavy atom. The van der Waals surface area contributed by atoms with Crippen LogP contribution in [0.3, 0.4) is 0 Å². The SMILES string of the molecule is CCC(C)c1nc(N2CCCC(C)C2)sc1CO. The largest absolute Gasteiger partial charge is 0.391 e. The Hall–Kier alpha value is -0.610. The van der Waals surface area contributed by atoms with Gasteiger partial charge in [-0.05, 0) is 31.1 Å². The molecule has 1 saturated heterocycles. The van der Waals surface area contributed by atoms with Crippen molar-refractivity contribution in [3.63, 3.8) is 0 Å². The van der Waals surface area contributed by atoms with E-state index >= 15 is 0 Å².